The normalized spacial score (nSPS) is 10.1. The van der Waals surface area contributed by atoms with Crippen LogP contribution in [0.1, 0.15) is 24.8 Å². The predicted octanol–water partition coefficient (Wildman–Crippen LogP) is 2.19. The van der Waals surface area contributed by atoms with Gasteiger partial charge in [0.15, 0.2) is 0 Å². The Hall–Kier alpha value is -1.26. The molecule has 4 nitrogen and oxygen atoms in total. The molecule has 1 aromatic carbocycles. The van der Waals surface area contributed by atoms with Crippen LogP contribution in [0.15, 0.2) is 18.2 Å². The zero-order valence-corrected chi connectivity index (χ0v) is 10.6. The predicted molar refractivity (Wildman–Crippen MR) is 67.9 cm³/mol. The summed E-state index contributed by atoms with van der Waals surface area (Å²) in [5.74, 6) is 5.61. The first-order valence-corrected chi connectivity index (χ1v) is 5.89. The summed E-state index contributed by atoms with van der Waals surface area (Å²) in [7, 11) is 0. The van der Waals surface area contributed by atoms with E-state index in [0.717, 1.165) is 24.2 Å². The highest BCUT2D eigenvalue weighted by atomic mass is 35.5. The van der Waals surface area contributed by atoms with E-state index < -0.39 is 0 Å². The molecule has 0 unspecified atom stereocenters. The summed E-state index contributed by atoms with van der Waals surface area (Å²) in [6.07, 6.45) is 1.98. The van der Waals surface area contributed by atoms with Crippen molar-refractivity contribution in [2.24, 2.45) is 5.84 Å². The van der Waals surface area contributed by atoms with E-state index in [-0.39, 0.29) is 5.91 Å². The minimum Gasteiger partial charge on any atom is -0.493 e. The summed E-state index contributed by atoms with van der Waals surface area (Å²) in [4.78, 5) is 10.8. The van der Waals surface area contributed by atoms with Crippen molar-refractivity contribution in [1.29, 1.82) is 0 Å². The number of hydrogen-bond acceptors (Lipinski definition) is 3. The van der Waals surface area contributed by atoms with Crippen molar-refractivity contribution in [2.75, 3.05) is 6.61 Å². The second-order valence-corrected chi connectivity index (χ2v) is 4.22. The molecule has 0 aromatic heterocycles. The quantitative estimate of drug-likeness (QED) is 0.355. The molecule has 5 heteroatoms. The molecule has 3 N–H and O–H groups in total. The SMILES string of the molecule is Cc1ccc(Cl)cc1OCCCCC(=O)NN. The third kappa shape index (κ3) is 5.06. The molecule has 0 saturated carbocycles. The lowest BCUT2D eigenvalue weighted by Gasteiger charge is -2.09. The highest BCUT2D eigenvalue weighted by molar-refractivity contribution is 6.30. The van der Waals surface area contributed by atoms with Crippen molar-refractivity contribution < 1.29 is 9.53 Å². The van der Waals surface area contributed by atoms with Gasteiger partial charge < -0.3 is 4.74 Å². The first-order chi connectivity index (χ1) is 8.13. The molecule has 0 aliphatic heterocycles. The van der Waals surface area contributed by atoms with Crippen molar-refractivity contribution in [3.63, 3.8) is 0 Å². The minimum atomic E-state index is -0.149. The molecule has 1 rings (SSSR count). The molecule has 0 aliphatic carbocycles. The lowest BCUT2D eigenvalue weighted by Crippen LogP contribution is -2.29. The summed E-state index contributed by atoms with van der Waals surface area (Å²) in [6.45, 7) is 2.53. The first-order valence-electron chi connectivity index (χ1n) is 5.52. The van der Waals surface area contributed by atoms with Crippen LogP contribution in [-0.2, 0) is 4.79 Å². The smallest absolute Gasteiger partial charge is 0.233 e. The van der Waals surface area contributed by atoms with Crippen molar-refractivity contribution in [3.05, 3.63) is 28.8 Å². The molecule has 94 valence electrons. The molecular weight excluding hydrogens is 240 g/mol. The maximum atomic E-state index is 10.8. The molecule has 0 heterocycles. The Kier molecular flexibility index (Phi) is 5.80. The van der Waals surface area contributed by atoms with E-state index in [9.17, 15) is 4.79 Å². The fourth-order valence-electron chi connectivity index (χ4n) is 1.37. The molecule has 0 saturated heterocycles. The summed E-state index contributed by atoms with van der Waals surface area (Å²) in [6, 6.07) is 5.54. The molecule has 0 fully saturated rings. The van der Waals surface area contributed by atoms with Crippen LogP contribution in [0.2, 0.25) is 5.02 Å². The van der Waals surface area contributed by atoms with Crippen molar-refractivity contribution >= 4 is 17.5 Å². The Labute approximate surface area is 106 Å². The minimum absolute atomic E-state index is 0.149. The molecule has 1 amide bonds. The molecular formula is C12H17ClN2O2. The maximum absolute atomic E-state index is 10.8. The number of rotatable bonds is 6. The van der Waals surface area contributed by atoms with Crippen LogP contribution in [0.4, 0.5) is 0 Å². The van der Waals surface area contributed by atoms with Crippen LogP contribution < -0.4 is 16.0 Å². The van der Waals surface area contributed by atoms with Gasteiger partial charge in [0.1, 0.15) is 5.75 Å². The van der Waals surface area contributed by atoms with Crippen molar-refractivity contribution in [3.8, 4) is 5.75 Å². The number of nitrogens with one attached hydrogen (secondary N) is 1. The van der Waals surface area contributed by atoms with Crippen LogP contribution in [0.5, 0.6) is 5.75 Å². The Morgan fingerprint density at radius 3 is 2.94 bits per heavy atom. The molecule has 0 atom stereocenters. The fourth-order valence-corrected chi connectivity index (χ4v) is 1.53. The highest BCUT2D eigenvalue weighted by Crippen LogP contribution is 2.22. The van der Waals surface area contributed by atoms with Gasteiger partial charge in [-0.05, 0) is 37.5 Å². The number of carbonyl (C=O) groups is 1. The van der Waals surface area contributed by atoms with Gasteiger partial charge in [0.2, 0.25) is 5.91 Å². The van der Waals surface area contributed by atoms with E-state index in [1.807, 2.05) is 19.1 Å². The number of aryl methyl sites for hydroxylation is 1. The van der Waals surface area contributed by atoms with Gasteiger partial charge in [-0.15, -0.1) is 0 Å². The molecule has 0 aliphatic rings. The third-order valence-electron chi connectivity index (χ3n) is 2.37. The van der Waals surface area contributed by atoms with Crippen LogP contribution in [0.3, 0.4) is 0 Å². The zero-order valence-electron chi connectivity index (χ0n) is 9.83. The zero-order chi connectivity index (χ0) is 12.7. The van der Waals surface area contributed by atoms with Crippen molar-refractivity contribution in [1.82, 2.24) is 5.43 Å². The lowest BCUT2D eigenvalue weighted by molar-refractivity contribution is -0.121. The molecule has 0 spiro atoms. The van der Waals surface area contributed by atoms with Gasteiger partial charge >= 0.3 is 0 Å². The van der Waals surface area contributed by atoms with E-state index in [0.29, 0.717) is 18.1 Å². The Morgan fingerprint density at radius 1 is 1.47 bits per heavy atom. The van der Waals surface area contributed by atoms with Gasteiger partial charge in [0, 0.05) is 11.4 Å². The second kappa shape index (κ2) is 7.14. The van der Waals surface area contributed by atoms with Crippen LogP contribution in [-0.4, -0.2) is 12.5 Å². The summed E-state index contributed by atoms with van der Waals surface area (Å²) in [5, 5.41) is 0.660. The van der Waals surface area contributed by atoms with Gasteiger partial charge in [0.05, 0.1) is 6.61 Å². The standard InChI is InChI=1S/C12H17ClN2O2/c1-9-5-6-10(13)8-11(9)17-7-3-2-4-12(16)15-14/h5-6,8H,2-4,7,14H2,1H3,(H,15,16). The van der Waals surface area contributed by atoms with Crippen LogP contribution in [0.25, 0.3) is 0 Å². The topological polar surface area (TPSA) is 64.3 Å². The molecule has 1 aromatic rings. The number of unbranched alkanes of at least 4 members (excludes halogenated alkanes) is 1. The largest absolute Gasteiger partial charge is 0.493 e. The Balaban J connectivity index is 2.26. The molecule has 0 bridgehead atoms. The van der Waals surface area contributed by atoms with Crippen LogP contribution in [0, 0.1) is 6.92 Å². The highest BCUT2D eigenvalue weighted by Gasteiger charge is 2.01. The summed E-state index contributed by atoms with van der Waals surface area (Å²) >= 11 is 5.87. The van der Waals surface area contributed by atoms with Gasteiger partial charge in [-0.2, -0.15) is 0 Å². The molecule has 17 heavy (non-hydrogen) atoms. The van der Waals surface area contributed by atoms with E-state index in [2.05, 4.69) is 5.43 Å². The van der Waals surface area contributed by atoms with E-state index in [1.165, 1.54) is 0 Å². The Morgan fingerprint density at radius 2 is 2.24 bits per heavy atom. The summed E-state index contributed by atoms with van der Waals surface area (Å²) < 4.78 is 5.59. The van der Waals surface area contributed by atoms with Gasteiger partial charge in [-0.1, -0.05) is 17.7 Å². The second-order valence-electron chi connectivity index (χ2n) is 3.78. The first kappa shape index (κ1) is 13.8. The van der Waals surface area contributed by atoms with E-state index >= 15 is 0 Å². The number of benzene rings is 1. The third-order valence-corrected chi connectivity index (χ3v) is 2.60. The molecule has 0 radical (unpaired) electrons. The number of halogens is 1. The van der Waals surface area contributed by atoms with Gasteiger partial charge in [0.25, 0.3) is 0 Å². The average molecular weight is 257 g/mol. The van der Waals surface area contributed by atoms with E-state index in [4.69, 9.17) is 22.2 Å². The maximum Gasteiger partial charge on any atom is 0.233 e. The monoisotopic (exact) mass is 256 g/mol. The number of amides is 1. The Bertz CT molecular complexity index is 383. The van der Waals surface area contributed by atoms with Crippen molar-refractivity contribution in [2.45, 2.75) is 26.2 Å². The summed E-state index contributed by atoms with van der Waals surface area (Å²) in [5.41, 5.74) is 3.14. The number of carbonyl (C=O) groups excluding carboxylic acids is 1. The fraction of sp³-hybridized carbons (Fsp3) is 0.417. The number of hydrazine groups is 1. The lowest BCUT2D eigenvalue weighted by atomic mass is 10.2. The van der Waals surface area contributed by atoms with Gasteiger partial charge in [-0.25, -0.2) is 5.84 Å². The number of ether oxygens (including phenoxy) is 1. The van der Waals surface area contributed by atoms with Crippen LogP contribution >= 0.6 is 11.6 Å². The number of hydrogen-bond donors (Lipinski definition) is 2. The average Bonchev–Trinajstić information content (AvgIpc) is 2.32. The van der Waals surface area contributed by atoms with Gasteiger partial charge in [-0.3, -0.25) is 10.2 Å². The van der Waals surface area contributed by atoms with E-state index in [1.54, 1.807) is 6.07 Å². The number of nitrogens with two attached hydrogens (primary N) is 1.